The Morgan fingerprint density at radius 1 is 1.37 bits per heavy atom. The highest BCUT2D eigenvalue weighted by Gasteiger charge is 2.08. The van der Waals surface area contributed by atoms with Crippen LogP contribution in [0, 0.1) is 5.82 Å². The lowest BCUT2D eigenvalue weighted by Crippen LogP contribution is -2.12. The van der Waals surface area contributed by atoms with Gasteiger partial charge in [0.1, 0.15) is 5.82 Å². The number of hydrogen-bond donors (Lipinski definition) is 0. The van der Waals surface area contributed by atoms with Crippen molar-refractivity contribution in [1.29, 1.82) is 0 Å². The lowest BCUT2D eigenvalue weighted by atomic mass is 10.3. The van der Waals surface area contributed by atoms with Crippen LogP contribution in [0.25, 0.3) is 10.2 Å². The molecule has 0 atom stereocenters. The summed E-state index contributed by atoms with van der Waals surface area (Å²) in [6, 6.07) is 8.10. The molecule has 0 radical (unpaired) electrons. The maximum Gasteiger partial charge on any atom is 0.289 e. The molecule has 1 amide bonds. The molecule has 19 heavy (non-hydrogen) atoms. The molecule has 1 aromatic carbocycles. The second kappa shape index (κ2) is 4.71. The van der Waals surface area contributed by atoms with Crippen LogP contribution in [0.1, 0.15) is 9.67 Å². The van der Waals surface area contributed by atoms with Gasteiger partial charge in [-0.3, -0.25) is 4.79 Å². The summed E-state index contributed by atoms with van der Waals surface area (Å²) in [4.78, 5) is 17.2. The van der Waals surface area contributed by atoms with Gasteiger partial charge in [0.25, 0.3) is 5.91 Å². The fourth-order valence-electron chi connectivity index (χ4n) is 1.76. The van der Waals surface area contributed by atoms with Gasteiger partial charge >= 0.3 is 0 Å². The third-order valence-corrected chi connectivity index (χ3v) is 4.65. The minimum Gasteiger partial charge on any atom is -0.319 e. The van der Waals surface area contributed by atoms with Gasteiger partial charge in [-0.05, 0) is 29.6 Å². The maximum absolute atomic E-state index is 13.2. The highest BCUT2D eigenvalue weighted by molar-refractivity contribution is 7.16. The van der Waals surface area contributed by atoms with Crippen molar-refractivity contribution in [3.8, 4) is 0 Å². The maximum atomic E-state index is 13.2. The van der Waals surface area contributed by atoms with E-state index in [1.807, 2.05) is 18.5 Å². The van der Waals surface area contributed by atoms with Crippen LogP contribution in [0.5, 0.6) is 0 Å². The largest absolute Gasteiger partial charge is 0.319 e. The Balaban J connectivity index is 2.15. The molecule has 6 heteroatoms. The van der Waals surface area contributed by atoms with Crippen molar-refractivity contribution >= 4 is 38.8 Å². The van der Waals surface area contributed by atoms with Crippen molar-refractivity contribution in [3.05, 3.63) is 51.2 Å². The fourth-order valence-corrected chi connectivity index (χ4v) is 3.41. The number of amides is 1. The minimum atomic E-state index is -0.287. The number of thiazole rings is 1. The molecular weight excluding hydrogens is 283 g/mol. The fraction of sp³-hybridized carbons (Fsp3) is 0.0769. The zero-order valence-corrected chi connectivity index (χ0v) is 11.6. The standard InChI is InChI=1S/C13H9FN2OS2/c1-16-9-5-4-8(14)7-11(9)19-13(16)15-12(17)10-3-2-6-18-10/h2-7H,1H3. The normalized spacial score (nSPS) is 12.2. The van der Waals surface area contributed by atoms with E-state index in [0.29, 0.717) is 9.68 Å². The van der Waals surface area contributed by atoms with Crippen LogP contribution in [0.3, 0.4) is 0 Å². The molecule has 0 unspecified atom stereocenters. The molecule has 3 nitrogen and oxygen atoms in total. The number of aromatic nitrogens is 1. The van der Waals surface area contributed by atoms with Gasteiger partial charge in [-0.1, -0.05) is 17.4 Å². The molecule has 0 saturated carbocycles. The van der Waals surface area contributed by atoms with Crippen molar-refractivity contribution in [3.63, 3.8) is 0 Å². The van der Waals surface area contributed by atoms with E-state index in [2.05, 4.69) is 4.99 Å². The van der Waals surface area contributed by atoms with E-state index in [1.165, 1.54) is 34.8 Å². The van der Waals surface area contributed by atoms with E-state index in [0.717, 1.165) is 10.2 Å². The Bertz CT molecular complexity index is 815. The van der Waals surface area contributed by atoms with E-state index in [1.54, 1.807) is 16.7 Å². The highest BCUT2D eigenvalue weighted by Crippen LogP contribution is 2.18. The van der Waals surface area contributed by atoms with E-state index in [9.17, 15) is 9.18 Å². The number of carbonyl (C=O) groups is 1. The van der Waals surface area contributed by atoms with Gasteiger partial charge in [0, 0.05) is 7.05 Å². The average molecular weight is 292 g/mol. The quantitative estimate of drug-likeness (QED) is 0.678. The lowest BCUT2D eigenvalue weighted by molar-refractivity contribution is 0.100. The summed E-state index contributed by atoms with van der Waals surface area (Å²) in [6.45, 7) is 0. The predicted octanol–water partition coefficient (Wildman–Crippen LogP) is 3.18. The van der Waals surface area contributed by atoms with Gasteiger partial charge in [0.15, 0.2) is 4.80 Å². The Hall–Kier alpha value is -1.79. The summed E-state index contributed by atoms with van der Waals surface area (Å²) in [5.41, 5.74) is 0.865. The summed E-state index contributed by atoms with van der Waals surface area (Å²) in [6.07, 6.45) is 0. The predicted molar refractivity (Wildman–Crippen MR) is 75.0 cm³/mol. The second-order valence-electron chi connectivity index (χ2n) is 3.95. The van der Waals surface area contributed by atoms with Crippen molar-refractivity contribution in [2.45, 2.75) is 0 Å². The summed E-state index contributed by atoms with van der Waals surface area (Å²) in [5, 5.41) is 1.84. The van der Waals surface area contributed by atoms with Crippen LogP contribution >= 0.6 is 22.7 Å². The smallest absolute Gasteiger partial charge is 0.289 e. The SMILES string of the molecule is Cn1c(=NC(=O)c2cccs2)sc2cc(F)ccc21. The average Bonchev–Trinajstić information content (AvgIpc) is 2.99. The molecule has 0 saturated heterocycles. The third-order valence-electron chi connectivity index (χ3n) is 2.70. The summed E-state index contributed by atoms with van der Waals surface area (Å²) >= 11 is 2.66. The number of thiophene rings is 1. The molecule has 2 heterocycles. The Morgan fingerprint density at radius 2 is 2.21 bits per heavy atom. The van der Waals surface area contributed by atoms with Crippen molar-refractivity contribution in [2.75, 3.05) is 0 Å². The Morgan fingerprint density at radius 3 is 2.95 bits per heavy atom. The topological polar surface area (TPSA) is 34.4 Å². The van der Waals surface area contributed by atoms with E-state index >= 15 is 0 Å². The molecule has 0 fully saturated rings. The van der Waals surface area contributed by atoms with E-state index in [-0.39, 0.29) is 11.7 Å². The first-order chi connectivity index (χ1) is 9.15. The summed E-state index contributed by atoms with van der Waals surface area (Å²) < 4.78 is 15.7. The van der Waals surface area contributed by atoms with Crippen molar-refractivity contribution < 1.29 is 9.18 Å². The van der Waals surface area contributed by atoms with Gasteiger partial charge in [0.05, 0.1) is 15.1 Å². The zero-order chi connectivity index (χ0) is 13.4. The summed E-state index contributed by atoms with van der Waals surface area (Å²) in [5.74, 6) is -0.553. The van der Waals surface area contributed by atoms with Crippen LogP contribution in [0.2, 0.25) is 0 Å². The van der Waals surface area contributed by atoms with Crippen LogP contribution < -0.4 is 4.80 Å². The van der Waals surface area contributed by atoms with Crippen molar-refractivity contribution in [1.82, 2.24) is 4.57 Å². The van der Waals surface area contributed by atoms with Crippen LogP contribution in [-0.4, -0.2) is 10.5 Å². The molecule has 96 valence electrons. The number of fused-ring (bicyclic) bond motifs is 1. The zero-order valence-electron chi connectivity index (χ0n) is 9.96. The number of halogens is 1. The lowest BCUT2D eigenvalue weighted by Gasteiger charge is -1.94. The number of nitrogens with zero attached hydrogens (tertiary/aromatic N) is 2. The molecule has 0 spiro atoms. The van der Waals surface area contributed by atoms with E-state index in [4.69, 9.17) is 0 Å². The minimum absolute atomic E-state index is 0.266. The first kappa shape index (κ1) is 12.3. The molecule has 2 aromatic heterocycles. The number of benzene rings is 1. The van der Waals surface area contributed by atoms with Crippen LogP contribution in [-0.2, 0) is 7.05 Å². The number of carbonyl (C=O) groups excluding carboxylic acids is 1. The molecular formula is C13H9FN2OS2. The Kier molecular flexibility index (Phi) is 3.04. The molecule has 0 aliphatic heterocycles. The molecule has 0 aliphatic rings. The monoisotopic (exact) mass is 292 g/mol. The first-order valence-electron chi connectivity index (χ1n) is 5.53. The number of hydrogen-bond acceptors (Lipinski definition) is 3. The molecule has 3 aromatic rings. The van der Waals surface area contributed by atoms with E-state index < -0.39 is 0 Å². The van der Waals surface area contributed by atoms with Gasteiger partial charge in [-0.15, -0.1) is 11.3 Å². The third kappa shape index (κ3) is 2.24. The number of rotatable bonds is 1. The van der Waals surface area contributed by atoms with Crippen molar-refractivity contribution in [2.24, 2.45) is 12.0 Å². The van der Waals surface area contributed by atoms with Gasteiger partial charge in [-0.2, -0.15) is 4.99 Å². The second-order valence-corrected chi connectivity index (χ2v) is 5.91. The Labute approximate surface area is 116 Å². The summed E-state index contributed by atoms with van der Waals surface area (Å²) in [7, 11) is 1.82. The van der Waals surface area contributed by atoms with Gasteiger partial charge in [-0.25, -0.2) is 4.39 Å². The van der Waals surface area contributed by atoms with Crippen LogP contribution in [0.15, 0.2) is 40.7 Å². The number of aryl methyl sites for hydroxylation is 1. The first-order valence-corrected chi connectivity index (χ1v) is 7.22. The molecule has 0 N–H and O–H groups in total. The highest BCUT2D eigenvalue weighted by atomic mass is 32.1. The molecule has 0 bridgehead atoms. The van der Waals surface area contributed by atoms with Gasteiger partial charge < -0.3 is 4.57 Å². The van der Waals surface area contributed by atoms with Crippen LogP contribution in [0.4, 0.5) is 4.39 Å². The molecule has 0 aliphatic carbocycles. The van der Waals surface area contributed by atoms with Gasteiger partial charge in [0.2, 0.25) is 0 Å². The molecule has 3 rings (SSSR count).